The average molecular weight is 160 g/mol. The van der Waals surface area contributed by atoms with Crippen LogP contribution in [0.5, 0.6) is 0 Å². The fraction of sp³-hybridized carbons (Fsp3) is 0. The van der Waals surface area contributed by atoms with E-state index in [-0.39, 0.29) is 0 Å². The van der Waals surface area contributed by atoms with E-state index in [9.17, 15) is 0 Å². The molecule has 0 aliphatic carbocycles. The highest BCUT2D eigenvalue weighted by Gasteiger charge is 1.96. The van der Waals surface area contributed by atoms with Gasteiger partial charge in [0.1, 0.15) is 6.20 Å². The van der Waals surface area contributed by atoms with Gasteiger partial charge >= 0.3 is 0 Å². The van der Waals surface area contributed by atoms with Crippen molar-refractivity contribution in [3.05, 3.63) is 42.0 Å². The van der Waals surface area contributed by atoms with E-state index in [4.69, 9.17) is 0 Å². The van der Waals surface area contributed by atoms with E-state index >= 15 is 0 Å². The Morgan fingerprint density at radius 3 is 2.64 bits per heavy atom. The summed E-state index contributed by atoms with van der Waals surface area (Å²) in [6.07, 6.45) is 2.92. The topological polar surface area (TPSA) is 12.9 Å². The van der Waals surface area contributed by atoms with Gasteiger partial charge in [-0.1, -0.05) is 30.3 Å². The van der Waals surface area contributed by atoms with Gasteiger partial charge in [0.15, 0.2) is 0 Å². The first-order chi connectivity index (χ1) is 5.47. The lowest BCUT2D eigenvalue weighted by molar-refractivity contribution is 1.40. The molecule has 0 saturated heterocycles. The molecular formula is C9H6NS. The van der Waals surface area contributed by atoms with Gasteiger partial charge in [-0.15, -0.1) is 11.3 Å². The van der Waals surface area contributed by atoms with Gasteiger partial charge in [-0.25, -0.2) is 4.98 Å². The van der Waals surface area contributed by atoms with E-state index in [1.54, 1.807) is 16.8 Å². The predicted octanol–water partition coefficient (Wildman–Crippen LogP) is 2.61. The van der Waals surface area contributed by atoms with Crippen LogP contribution >= 0.6 is 11.3 Å². The molecule has 1 radical (unpaired) electrons. The van der Waals surface area contributed by atoms with Crippen LogP contribution < -0.4 is 0 Å². The molecule has 0 atom stereocenters. The van der Waals surface area contributed by atoms with Crippen LogP contribution in [0, 0.1) is 6.20 Å². The van der Waals surface area contributed by atoms with Gasteiger partial charge in [-0.3, -0.25) is 0 Å². The van der Waals surface area contributed by atoms with Gasteiger partial charge in [0.25, 0.3) is 0 Å². The fourth-order valence-electron chi connectivity index (χ4n) is 0.913. The summed E-state index contributed by atoms with van der Waals surface area (Å²) in [6.45, 7) is 0. The second kappa shape index (κ2) is 2.84. The molecule has 0 amide bonds. The molecule has 0 aliphatic rings. The molecule has 1 aromatic carbocycles. The molecule has 0 saturated carbocycles. The number of hydrogen-bond acceptors (Lipinski definition) is 2. The molecule has 0 spiro atoms. The highest BCUT2D eigenvalue weighted by Crippen LogP contribution is 2.21. The van der Waals surface area contributed by atoms with E-state index in [0.717, 1.165) is 4.88 Å². The number of hydrogen-bond donors (Lipinski definition) is 0. The van der Waals surface area contributed by atoms with Crippen molar-refractivity contribution in [2.24, 2.45) is 0 Å². The lowest BCUT2D eigenvalue weighted by atomic mass is 10.2. The second-order valence-corrected chi connectivity index (χ2v) is 3.01. The molecule has 0 N–H and O–H groups in total. The summed E-state index contributed by atoms with van der Waals surface area (Å²) in [5, 5.41) is 0. The maximum Gasteiger partial charge on any atom is 0.109 e. The van der Waals surface area contributed by atoms with Crippen molar-refractivity contribution in [1.82, 2.24) is 4.98 Å². The van der Waals surface area contributed by atoms with Crippen LogP contribution in [0.1, 0.15) is 0 Å². The summed E-state index contributed by atoms with van der Waals surface area (Å²) in [7, 11) is 0. The number of thiazole rings is 1. The number of aromatic nitrogens is 1. The molecule has 2 aromatic rings. The minimum atomic E-state index is 1.10. The molecular weight excluding hydrogens is 154 g/mol. The first-order valence-electron chi connectivity index (χ1n) is 3.33. The fourth-order valence-corrected chi connectivity index (χ4v) is 1.50. The highest BCUT2D eigenvalue weighted by atomic mass is 32.1. The lowest BCUT2D eigenvalue weighted by Crippen LogP contribution is -1.68. The third kappa shape index (κ3) is 1.30. The maximum atomic E-state index is 3.89. The van der Waals surface area contributed by atoms with Crippen molar-refractivity contribution in [2.45, 2.75) is 0 Å². The van der Waals surface area contributed by atoms with Crippen LogP contribution in [-0.4, -0.2) is 4.98 Å². The standard InChI is InChI=1S/C9H6NS/c1-2-4-8(5-3-1)9-6-10-7-11-9/h1-5,7H. The Morgan fingerprint density at radius 2 is 2.00 bits per heavy atom. The van der Waals surface area contributed by atoms with Crippen molar-refractivity contribution < 1.29 is 0 Å². The maximum absolute atomic E-state index is 3.89. The minimum absolute atomic E-state index is 1.10. The van der Waals surface area contributed by atoms with Crippen LogP contribution in [0.15, 0.2) is 35.8 Å². The third-order valence-corrected chi connectivity index (χ3v) is 2.20. The summed E-state index contributed by atoms with van der Waals surface area (Å²) in [5.74, 6) is 0. The molecule has 2 rings (SSSR count). The Balaban J connectivity index is 2.46. The normalized spacial score (nSPS) is 9.82. The Morgan fingerprint density at radius 1 is 1.18 bits per heavy atom. The van der Waals surface area contributed by atoms with Crippen LogP contribution in [0.25, 0.3) is 10.4 Å². The monoisotopic (exact) mass is 160 g/mol. The first kappa shape index (κ1) is 6.55. The Bertz CT molecular complexity index is 313. The van der Waals surface area contributed by atoms with Crippen LogP contribution in [0.4, 0.5) is 0 Å². The van der Waals surface area contributed by atoms with Crippen molar-refractivity contribution in [3.63, 3.8) is 0 Å². The first-order valence-corrected chi connectivity index (χ1v) is 4.21. The molecule has 1 aromatic heterocycles. The quantitative estimate of drug-likeness (QED) is 0.625. The van der Waals surface area contributed by atoms with Crippen molar-refractivity contribution in [3.8, 4) is 10.4 Å². The van der Waals surface area contributed by atoms with Gasteiger partial charge in [0, 0.05) is 0 Å². The third-order valence-electron chi connectivity index (χ3n) is 1.43. The predicted molar refractivity (Wildman–Crippen MR) is 46.4 cm³/mol. The van der Waals surface area contributed by atoms with Crippen molar-refractivity contribution >= 4 is 11.3 Å². The lowest BCUT2D eigenvalue weighted by Gasteiger charge is -1.91. The van der Waals surface area contributed by atoms with E-state index in [1.807, 2.05) is 18.2 Å². The second-order valence-electron chi connectivity index (χ2n) is 2.16. The van der Waals surface area contributed by atoms with Crippen LogP contribution in [0.2, 0.25) is 0 Å². The van der Waals surface area contributed by atoms with E-state index in [0.29, 0.717) is 0 Å². The molecule has 1 nitrogen and oxygen atoms in total. The minimum Gasteiger partial charge on any atom is -0.242 e. The van der Waals surface area contributed by atoms with E-state index in [2.05, 4.69) is 23.3 Å². The SMILES string of the molecule is [c]1ncsc1-c1ccccc1. The van der Waals surface area contributed by atoms with Gasteiger partial charge < -0.3 is 0 Å². The molecule has 1 heterocycles. The average Bonchev–Trinajstić information content (AvgIpc) is 2.58. The Hall–Kier alpha value is -1.15. The molecule has 0 aliphatic heterocycles. The smallest absolute Gasteiger partial charge is 0.109 e. The number of benzene rings is 1. The number of nitrogens with zero attached hydrogens (tertiary/aromatic N) is 1. The van der Waals surface area contributed by atoms with Gasteiger partial charge in [0.05, 0.1) is 10.4 Å². The summed E-state index contributed by atoms with van der Waals surface area (Å²) in [6, 6.07) is 10.2. The van der Waals surface area contributed by atoms with Crippen LogP contribution in [-0.2, 0) is 0 Å². The molecule has 0 unspecified atom stereocenters. The van der Waals surface area contributed by atoms with Crippen molar-refractivity contribution in [1.29, 1.82) is 0 Å². The highest BCUT2D eigenvalue weighted by molar-refractivity contribution is 7.13. The zero-order chi connectivity index (χ0) is 7.52. The Kier molecular flexibility index (Phi) is 1.69. The summed E-state index contributed by atoms with van der Waals surface area (Å²) in [4.78, 5) is 4.99. The van der Waals surface area contributed by atoms with Gasteiger partial charge in [-0.2, -0.15) is 0 Å². The Labute approximate surface area is 69.3 Å². The summed E-state index contributed by atoms with van der Waals surface area (Å²) < 4.78 is 0. The molecule has 0 fully saturated rings. The summed E-state index contributed by atoms with van der Waals surface area (Å²) >= 11 is 1.61. The summed E-state index contributed by atoms with van der Waals surface area (Å²) in [5.41, 5.74) is 2.98. The number of rotatable bonds is 1. The van der Waals surface area contributed by atoms with Gasteiger partial charge in [0.2, 0.25) is 0 Å². The zero-order valence-electron chi connectivity index (χ0n) is 5.82. The van der Waals surface area contributed by atoms with E-state index < -0.39 is 0 Å². The molecule has 53 valence electrons. The van der Waals surface area contributed by atoms with Crippen LogP contribution in [0.3, 0.4) is 0 Å². The largest absolute Gasteiger partial charge is 0.242 e. The molecule has 2 heteroatoms. The van der Waals surface area contributed by atoms with E-state index in [1.165, 1.54) is 5.56 Å². The molecule has 11 heavy (non-hydrogen) atoms. The van der Waals surface area contributed by atoms with Crippen molar-refractivity contribution in [2.75, 3.05) is 0 Å². The zero-order valence-corrected chi connectivity index (χ0v) is 6.64. The van der Waals surface area contributed by atoms with Gasteiger partial charge in [-0.05, 0) is 5.56 Å². The molecule has 0 bridgehead atoms.